The van der Waals surface area contributed by atoms with Crippen molar-refractivity contribution in [2.24, 2.45) is 5.73 Å². The Morgan fingerprint density at radius 3 is 2.57 bits per heavy atom. The van der Waals surface area contributed by atoms with Crippen molar-refractivity contribution in [1.29, 1.82) is 0 Å². The van der Waals surface area contributed by atoms with Crippen molar-refractivity contribution < 1.29 is 22.3 Å². The molecule has 5 aromatic rings. The lowest BCUT2D eigenvalue weighted by molar-refractivity contribution is 0.0996. The zero-order chi connectivity index (χ0) is 35.2. The number of aryl methyl sites for hydroxylation is 3. The predicted octanol–water partition coefficient (Wildman–Crippen LogP) is 6.17. The second-order valence-corrected chi connectivity index (χ2v) is 15.1. The molecule has 3 aromatic carbocycles. The summed E-state index contributed by atoms with van der Waals surface area (Å²) in [5.74, 6) is -1.54. The maximum absolute atomic E-state index is 14.4. The van der Waals surface area contributed by atoms with Crippen LogP contribution in [0.4, 0.5) is 4.39 Å². The van der Waals surface area contributed by atoms with Crippen LogP contribution >= 0.6 is 0 Å². The van der Waals surface area contributed by atoms with E-state index in [4.69, 9.17) is 10.5 Å². The lowest BCUT2D eigenvalue weighted by Crippen LogP contribution is -2.36. The number of hydrogen-bond donors (Lipinski definition) is 1. The van der Waals surface area contributed by atoms with Crippen molar-refractivity contribution in [1.82, 2.24) is 24.3 Å². The maximum atomic E-state index is 14.4. The number of nitrogens with two attached hydrogens (primary N) is 1. The van der Waals surface area contributed by atoms with Crippen molar-refractivity contribution in [2.75, 3.05) is 6.54 Å². The van der Waals surface area contributed by atoms with Crippen molar-refractivity contribution in [3.8, 4) is 5.75 Å². The zero-order valence-electron chi connectivity index (χ0n) is 28.6. The van der Waals surface area contributed by atoms with Gasteiger partial charge in [0, 0.05) is 24.4 Å². The number of fused-ring (bicyclic) bond motifs is 2. The fourth-order valence-corrected chi connectivity index (χ4v) is 8.60. The Hall–Kier alpha value is -4.68. The monoisotopic (exact) mass is 684 g/mol. The standard InChI is InChI=1S/C37H41FN6O4S/c1-7-27-21-43(49(46,47)32-12-10-9-11-31(32)48-27)20-25-17-24(14-13-22(25)3)33(28-15-16-30-34(23(28)4)41-42-44(30)8-2)37(5,6)35-29(36(39)45)18-26(38)19-40-35/h9-19,27,33H,7-8,20-21H2,1-6H3,(H2,39,45)/t27-,33+/m1/s1. The first-order valence-electron chi connectivity index (χ1n) is 16.4. The van der Waals surface area contributed by atoms with Crippen molar-refractivity contribution in [3.63, 3.8) is 0 Å². The second kappa shape index (κ2) is 13.0. The summed E-state index contributed by atoms with van der Waals surface area (Å²) >= 11 is 0. The topological polar surface area (TPSA) is 133 Å². The van der Waals surface area contributed by atoms with Gasteiger partial charge in [0.05, 0.1) is 29.5 Å². The summed E-state index contributed by atoms with van der Waals surface area (Å²) in [6, 6.07) is 17.9. The molecule has 2 atom stereocenters. The SMILES string of the molecule is CC[C@@H]1CN(Cc2cc([C@@H](c3ccc4c(nnn4CC)c3C)C(C)(C)c3ncc(F)cc3C(N)=O)ccc2C)S(=O)(=O)c2ccccc2O1. The average molecular weight is 685 g/mol. The molecule has 10 nitrogen and oxygen atoms in total. The van der Waals surface area contributed by atoms with Crippen LogP contribution < -0.4 is 10.5 Å². The van der Waals surface area contributed by atoms with Crippen LogP contribution in [0.25, 0.3) is 11.0 Å². The van der Waals surface area contributed by atoms with E-state index in [1.54, 1.807) is 24.3 Å². The van der Waals surface area contributed by atoms with Crippen LogP contribution in [0, 0.1) is 19.7 Å². The molecule has 1 amide bonds. The maximum Gasteiger partial charge on any atom is 0.250 e. The largest absolute Gasteiger partial charge is 0.488 e. The molecule has 256 valence electrons. The number of para-hydroxylation sites is 1. The molecule has 0 aliphatic carbocycles. The first-order chi connectivity index (χ1) is 23.3. The number of amides is 1. The van der Waals surface area contributed by atoms with E-state index >= 15 is 0 Å². The van der Waals surface area contributed by atoms with Crippen LogP contribution in [0.1, 0.15) is 83.9 Å². The number of primary amides is 1. The lowest BCUT2D eigenvalue weighted by atomic mass is 9.67. The minimum absolute atomic E-state index is 0.00192. The van der Waals surface area contributed by atoms with Gasteiger partial charge in [0.2, 0.25) is 10.0 Å². The third kappa shape index (κ3) is 6.08. The quantitative estimate of drug-likeness (QED) is 0.196. The Bertz CT molecular complexity index is 2180. The highest BCUT2D eigenvalue weighted by Gasteiger charge is 2.40. The molecule has 1 aliphatic heterocycles. The summed E-state index contributed by atoms with van der Waals surface area (Å²) in [7, 11) is -3.89. The molecule has 0 radical (unpaired) electrons. The van der Waals surface area contributed by atoms with Crippen LogP contribution in [0.15, 0.2) is 71.8 Å². The average Bonchev–Trinajstić information content (AvgIpc) is 3.46. The van der Waals surface area contributed by atoms with Crippen LogP contribution in [0.2, 0.25) is 0 Å². The Kier molecular flexibility index (Phi) is 9.06. The molecular weight excluding hydrogens is 644 g/mol. The summed E-state index contributed by atoms with van der Waals surface area (Å²) in [5, 5.41) is 8.83. The number of pyridine rings is 1. The highest BCUT2D eigenvalue weighted by molar-refractivity contribution is 7.89. The zero-order valence-corrected chi connectivity index (χ0v) is 29.4. The number of rotatable bonds is 9. The van der Waals surface area contributed by atoms with Gasteiger partial charge < -0.3 is 10.5 Å². The summed E-state index contributed by atoms with van der Waals surface area (Å²) in [6.07, 6.45) is 1.40. The van der Waals surface area contributed by atoms with Crippen LogP contribution in [0.5, 0.6) is 5.75 Å². The third-order valence-electron chi connectivity index (χ3n) is 9.72. The number of benzene rings is 3. The Balaban J connectivity index is 1.53. The minimum atomic E-state index is -3.89. The van der Waals surface area contributed by atoms with Crippen molar-refractivity contribution in [2.45, 2.75) is 83.4 Å². The molecule has 3 heterocycles. The number of carbonyl (C=O) groups excluding carboxylic acids is 1. The molecule has 1 aliphatic rings. The van der Waals surface area contributed by atoms with Crippen LogP contribution in [0.3, 0.4) is 0 Å². The molecule has 12 heteroatoms. The molecule has 0 saturated heterocycles. The van der Waals surface area contributed by atoms with Gasteiger partial charge in [0.25, 0.3) is 5.91 Å². The Morgan fingerprint density at radius 1 is 1.10 bits per heavy atom. The van der Waals surface area contributed by atoms with E-state index in [0.717, 1.165) is 51.1 Å². The van der Waals surface area contributed by atoms with Gasteiger partial charge >= 0.3 is 0 Å². The number of ether oxygens (including phenoxy) is 1. The summed E-state index contributed by atoms with van der Waals surface area (Å²) in [6.45, 7) is 12.8. The summed E-state index contributed by atoms with van der Waals surface area (Å²) in [4.78, 5) is 17.3. The van der Waals surface area contributed by atoms with Gasteiger partial charge in [-0.15, -0.1) is 5.10 Å². The third-order valence-corrected chi connectivity index (χ3v) is 11.6. The van der Waals surface area contributed by atoms with E-state index in [9.17, 15) is 17.6 Å². The van der Waals surface area contributed by atoms with E-state index < -0.39 is 33.1 Å². The molecule has 49 heavy (non-hydrogen) atoms. The number of hydrogen-bond acceptors (Lipinski definition) is 7. The van der Waals surface area contributed by atoms with Crippen molar-refractivity contribution >= 4 is 27.0 Å². The van der Waals surface area contributed by atoms with E-state index in [1.165, 1.54) is 4.31 Å². The van der Waals surface area contributed by atoms with Crippen LogP contribution in [-0.4, -0.2) is 51.3 Å². The van der Waals surface area contributed by atoms with Gasteiger partial charge in [-0.1, -0.05) is 62.4 Å². The first kappa shape index (κ1) is 34.2. The first-order valence-corrected chi connectivity index (χ1v) is 17.9. The molecule has 6 rings (SSSR count). The summed E-state index contributed by atoms with van der Waals surface area (Å²) in [5.41, 5.74) is 11.2. The van der Waals surface area contributed by atoms with Gasteiger partial charge in [-0.05, 0) is 79.3 Å². The highest BCUT2D eigenvalue weighted by atomic mass is 32.2. The smallest absolute Gasteiger partial charge is 0.250 e. The van der Waals surface area contributed by atoms with E-state index in [2.05, 4.69) is 15.3 Å². The van der Waals surface area contributed by atoms with Crippen molar-refractivity contribution in [3.05, 3.63) is 112 Å². The molecule has 0 saturated carbocycles. The molecular formula is C37H41FN6O4S. The normalized spacial score (nSPS) is 16.9. The number of halogens is 1. The number of carbonyl (C=O) groups is 1. The molecule has 2 aromatic heterocycles. The number of aromatic nitrogens is 4. The predicted molar refractivity (Wildman–Crippen MR) is 185 cm³/mol. The molecule has 2 N–H and O–H groups in total. The fourth-order valence-electron chi connectivity index (χ4n) is 7.03. The van der Waals surface area contributed by atoms with E-state index in [-0.39, 0.29) is 29.7 Å². The summed E-state index contributed by atoms with van der Waals surface area (Å²) < 4.78 is 52.0. The molecule has 0 bridgehead atoms. The van der Waals surface area contributed by atoms with Gasteiger partial charge in [-0.25, -0.2) is 17.5 Å². The van der Waals surface area contributed by atoms with E-state index in [0.29, 0.717) is 24.4 Å². The minimum Gasteiger partial charge on any atom is -0.488 e. The van der Waals surface area contributed by atoms with Gasteiger partial charge in [0.15, 0.2) is 0 Å². The van der Waals surface area contributed by atoms with Gasteiger partial charge in [0.1, 0.15) is 28.1 Å². The number of nitrogens with zero attached hydrogens (tertiary/aromatic N) is 5. The fraction of sp³-hybridized carbons (Fsp3) is 0.351. The molecule has 0 spiro atoms. The molecule has 0 fully saturated rings. The van der Waals surface area contributed by atoms with Gasteiger partial charge in [-0.2, -0.15) is 4.31 Å². The second-order valence-electron chi connectivity index (χ2n) is 13.2. The highest BCUT2D eigenvalue weighted by Crippen LogP contribution is 2.46. The Morgan fingerprint density at radius 2 is 1.86 bits per heavy atom. The van der Waals surface area contributed by atoms with Crippen LogP contribution in [-0.2, 0) is 28.5 Å². The molecule has 0 unspecified atom stereocenters. The Labute approximate surface area is 286 Å². The number of sulfonamides is 1. The van der Waals surface area contributed by atoms with Gasteiger partial charge in [-0.3, -0.25) is 9.78 Å². The lowest BCUT2D eigenvalue weighted by Gasteiger charge is -2.37. The van der Waals surface area contributed by atoms with E-state index in [1.807, 2.05) is 76.6 Å².